The van der Waals surface area contributed by atoms with Crippen molar-refractivity contribution in [2.45, 2.75) is 9.79 Å². The van der Waals surface area contributed by atoms with Gasteiger partial charge in [0.2, 0.25) is 5.95 Å². The van der Waals surface area contributed by atoms with E-state index < -0.39 is 0 Å². The number of fused-ring (bicyclic) bond motifs is 1. The molecule has 3 aromatic heterocycles. The number of nitrogens with one attached hydrogen (secondary N) is 2. The molecule has 0 aliphatic heterocycles. The van der Waals surface area contributed by atoms with Gasteiger partial charge in [-0.1, -0.05) is 30.0 Å². The smallest absolute Gasteiger partial charge is 0.259 e. The van der Waals surface area contributed by atoms with Gasteiger partial charge in [0, 0.05) is 21.4 Å². The number of benzene rings is 2. The van der Waals surface area contributed by atoms with Gasteiger partial charge in [-0.2, -0.15) is 10.2 Å². The lowest BCUT2D eigenvalue weighted by molar-refractivity contribution is 0.102. The van der Waals surface area contributed by atoms with Crippen molar-refractivity contribution < 1.29 is 4.79 Å². The van der Waals surface area contributed by atoms with Crippen LogP contribution in [0.5, 0.6) is 0 Å². The van der Waals surface area contributed by atoms with Crippen LogP contribution in [-0.2, 0) is 0 Å². The molecule has 1 amide bonds. The van der Waals surface area contributed by atoms with Gasteiger partial charge in [0.1, 0.15) is 0 Å². The number of hydrogen-bond donors (Lipinski definition) is 2. The van der Waals surface area contributed by atoms with Gasteiger partial charge >= 0.3 is 0 Å². The maximum atomic E-state index is 12.8. The highest BCUT2D eigenvalue weighted by atomic mass is 32.2. The highest BCUT2D eigenvalue weighted by Crippen LogP contribution is 2.33. The molecule has 0 bridgehead atoms. The van der Waals surface area contributed by atoms with Crippen molar-refractivity contribution in [2.75, 3.05) is 5.32 Å². The summed E-state index contributed by atoms with van der Waals surface area (Å²) in [6.07, 6.45) is 8.55. The molecule has 0 saturated heterocycles. The number of nitrogens with zero attached hydrogens (tertiary/aromatic N) is 5. The Morgan fingerprint density at radius 2 is 1.85 bits per heavy atom. The molecule has 3 heterocycles. The van der Waals surface area contributed by atoms with Gasteiger partial charge in [0.05, 0.1) is 34.9 Å². The van der Waals surface area contributed by atoms with E-state index in [0.717, 1.165) is 32.1 Å². The molecule has 33 heavy (non-hydrogen) atoms. The van der Waals surface area contributed by atoms with E-state index in [9.17, 15) is 4.79 Å². The molecule has 2 N–H and O–H groups in total. The van der Waals surface area contributed by atoms with Crippen molar-refractivity contribution >= 4 is 46.7 Å². The van der Waals surface area contributed by atoms with Crippen LogP contribution in [0.3, 0.4) is 0 Å². The van der Waals surface area contributed by atoms with Gasteiger partial charge < -0.3 is 0 Å². The molecule has 0 saturated carbocycles. The predicted molar refractivity (Wildman–Crippen MR) is 128 cm³/mol. The van der Waals surface area contributed by atoms with E-state index in [-0.39, 0.29) is 11.9 Å². The van der Waals surface area contributed by atoms with E-state index >= 15 is 0 Å². The Hall–Kier alpha value is -4.37. The molecule has 0 fully saturated rings. The zero-order chi connectivity index (χ0) is 22.5. The Morgan fingerprint density at radius 1 is 0.939 bits per heavy atom. The standard InChI is InChI=1S/C24H17N7OS/c32-23(28-24-26-13-14-27-31-24)19-6-1-2-7-22(19)33-17-9-10-18-20(29-30-21(18)15-17)11-8-16-5-3-4-12-25-16/h1-15H,(H,29,30)(H,26,28,31,32)/b11-8+. The molecule has 0 atom stereocenters. The van der Waals surface area contributed by atoms with E-state index in [1.54, 1.807) is 12.3 Å². The van der Waals surface area contributed by atoms with Gasteiger partial charge in [-0.15, -0.1) is 5.10 Å². The molecular weight excluding hydrogens is 434 g/mol. The molecule has 0 spiro atoms. The number of H-pyrrole nitrogens is 1. The van der Waals surface area contributed by atoms with E-state index in [1.165, 1.54) is 24.2 Å². The summed E-state index contributed by atoms with van der Waals surface area (Å²) < 4.78 is 0. The lowest BCUT2D eigenvalue weighted by Gasteiger charge is -2.09. The van der Waals surface area contributed by atoms with E-state index in [0.29, 0.717) is 5.56 Å². The summed E-state index contributed by atoms with van der Waals surface area (Å²) in [5.74, 6) is -0.136. The summed E-state index contributed by atoms with van der Waals surface area (Å²) >= 11 is 1.49. The van der Waals surface area contributed by atoms with E-state index in [4.69, 9.17) is 0 Å². The second kappa shape index (κ2) is 9.41. The molecule has 160 valence electrons. The minimum atomic E-state index is -0.296. The van der Waals surface area contributed by atoms with Crippen LogP contribution in [-0.4, -0.2) is 36.3 Å². The maximum Gasteiger partial charge on any atom is 0.259 e. The minimum Gasteiger partial charge on any atom is -0.289 e. The average molecular weight is 452 g/mol. The summed E-state index contributed by atoms with van der Waals surface area (Å²) in [5.41, 5.74) is 3.14. The molecular formula is C24H17N7OS. The number of carbonyl (C=O) groups excluding carboxylic acids is 1. The fourth-order valence-electron chi connectivity index (χ4n) is 3.19. The van der Waals surface area contributed by atoms with Crippen molar-refractivity contribution in [2.24, 2.45) is 0 Å². The fourth-order valence-corrected chi connectivity index (χ4v) is 4.18. The van der Waals surface area contributed by atoms with Crippen LogP contribution in [0.2, 0.25) is 0 Å². The third-order valence-corrected chi connectivity index (χ3v) is 5.80. The molecule has 0 aliphatic carbocycles. The molecule has 0 unspecified atom stereocenters. The van der Waals surface area contributed by atoms with E-state index in [1.807, 2.05) is 66.7 Å². The Bertz CT molecular complexity index is 1440. The van der Waals surface area contributed by atoms with Crippen LogP contribution in [0.15, 0.2) is 89.0 Å². The number of anilines is 1. The highest BCUT2D eigenvalue weighted by molar-refractivity contribution is 7.99. The van der Waals surface area contributed by atoms with Crippen molar-refractivity contribution in [1.82, 2.24) is 30.4 Å². The van der Waals surface area contributed by atoms with Gasteiger partial charge in [-0.25, -0.2) is 4.98 Å². The van der Waals surface area contributed by atoms with Crippen LogP contribution in [0.25, 0.3) is 23.1 Å². The number of carbonyl (C=O) groups is 1. The second-order valence-corrected chi connectivity index (χ2v) is 8.04. The number of pyridine rings is 1. The number of rotatable bonds is 6. The Balaban J connectivity index is 1.37. The molecule has 0 radical (unpaired) electrons. The normalized spacial score (nSPS) is 11.2. The van der Waals surface area contributed by atoms with Gasteiger partial charge in [-0.3, -0.25) is 20.2 Å². The van der Waals surface area contributed by atoms with Crippen LogP contribution < -0.4 is 5.32 Å². The van der Waals surface area contributed by atoms with Gasteiger partial charge in [0.15, 0.2) is 0 Å². The van der Waals surface area contributed by atoms with Crippen molar-refractivity contribution in [3.63, 3.8) is 0 Å². The molecule has 5 rings (SSSR count). The Labute approximate surface area is 193 Å². The van der Waals surface area contributed by atoms with Crippen molar-refractivity contribution in [1.29, 1.82) is 0 Å². The average Bonchev–Trinajstić information content (AvgIpc) is 3.26. The minimum absolute atomic E-state index is 0.160. The Morgan fingerprint density at radius 3 is 2.70 bits per heavy atom. The van der Waals surface area contributed by atoms with Crippen molar-refractivity contribution in [3.05, 3.63) is 96.2 Å². The van der Waals surface area contributed by atoms with Gasteiger partial charge in [0.25, 0.3) is 5.91 Å². The zero-order valence-electron chi connectivity index (χ0n) is 17.2. The fraction of sp³-hybridized carbons (Fsp3) is 0. The lowest BCUT2D eigenvalue weighted by Crippen LogP contribution is -2.15. The largest absolute Gasteiger partial charge is 0.289 e. The van der Waals surface area contributed by atoms with Gasteiger partial charge in [-0.05, 0) is 54.6 Å². The number of hydrogen-bond acceptors (Lipinski definition) is 7. The molecule has 2 aromatic carbocycles. The zero-order valence-corrected chi connectivity index (χ0v) is 18.0. The summed E-state index contributed by atoms with van der Waals surface area (Å²) in [6.45, 7) is 0. The van der Waals surface area contributed by atoms with E-state index in [2.05, 4.69) is 35.7 Å². The molecule has 8 nitrogen and oxygen atoms in total. The maximum absolute atomic E-state index is 12.8. The van der Waals surface area contributed by atoms with Crippen LogP contribution >= 0.6 is 11.8 Å². The first-order valence-electron chi connectivity index (χ1n) is 10.1. The SMILES string of the molecule is O=C(Nc1nccnn1)c1ccccc1Sc1ccc2c(/C=C/c3ccccn3)n[nH]c2c1. The third kappa shape index (κ3) is 4.78. The summed E-state index contributed by atoms with van der Waals surface area (Å²) in [7, 11) is 0. The predicted octanol–water partition coefficient (Wildman–Crippen LogP) is 4.72. The topological polar surface area (TPSA) is 109 Å². The van der Waals surface area contributed by atoms with Crippen LogP contribution in [0.4, 0.5) is 5.95 Å². The molecule has 5 aromatic rings. The monoisotopic (exact) mass is 451 g/mol. The van der Waals surface area contributed by atoms with Crippen LogP contribution in [0, 0.1) is 0 Å². The number of aromatic nitrogens is 6. The first kappa shape index (κ1) is 20.5. The van der Waals surface area contributed by atoms with Crippen molar-refractivity contribution in [3.8, 4) is 0 Å². The summed E-state index contributed by atoms with van der Waals surface area (Å²) in [4.78, 5) is 22.8. The summed E-state index contributed by atoms with van der Waals surface area (Å²) in [5, 5.41) is 18.7. The lowest BCUT2D eigenvalue weighted by atomic mass is 10.2. The molecule has 9 heteroatoms. The molecule has 0 aliphatic rings. The quantitative estimate of drug-likeness (QED) is 0.384. The van der Waals surface area contributed by atoms with Crippen LogP contribution in [0.1, 0.15) is 21.7 Å². The summed E-state index contributed by atoms with van der Waals surface area (Å²) in [6, 6.07) is 19.2. The first-order chi connectivity index (χ1) is 16.3. The first-order valence-corrected chi connectivity index (χ1v) is 10.9. The Kier molecular flexibility index (Phi) is 5.85. The highest BCUT2D eigenvalue weighted by Gasteiger charge is 2.14. The number of aromatic amines is 1. The third-order valence-electron chi connectivity index (χ3n) is 4.73. The number of amides is 1. The second-order valence-electron chi connectivity index (χ2n) is 6.92.